The molecule has 0 bridgehead atoms. The second-order valence-electron chi connectivity index (χ2n) is 7.43. The summed E-state index contributed by atoms with van der Waals surface area (Å²) in [5.74, 6) is -0.271. The summed E-state index contributed by atoms with van der Waals surface area (Å²) in [5, 5.41) is 5.61. The molecule has 0 aliphatic heterocycles. The van der Waals surface area contributed by atoms with E-state index < -0.39 is 12.8 Å². The number of carbonyl (C=O) groups excluding carboxylic acids is 2. The van der Waals surface area contributed by atoms with Gasteiger partial charge < -0.3 is 15.4 Å². The topological polar surface area (TPSA) is 67.4 Å². The van der Waals surface area contributed by atoms with E-state index in [2.05, 4.69) is 15.4 Å². The molecule has 2 amide bonds. The van der Waals surface area contributed by atoms with Crippen LogP contribution in [0.15, 0.2) is 77.7 Å². The third-order valence-electron chi connectivity index (χ3n) is 4.60. The van der Waals surface area contributed by atoms with E-state index in [9.17, 15) is 22.8 Å². The minimum absolute atomic E-state index is 0.0954. The highest BCUT2D eigenvalue weighted by Gasteiger charge is 2.28. The first-order valence-corrected chi connectivity index (χ1v) is 11.3. The maximum atomic E-state index is 12.7. The maximum absolute atomic E-state index is 12.7. The molecule has 0 atom stereocenters. The van der Waals surface area contributed by atoms with Crippen molar-refractivity contribution in [3.05, 3.63) is 89.5 Å². The number of hydrogen-bond acceptors (Lipinski definition) is 4. The highest BCUT2D eigenvalue weighted by molar-refractivity contribution is 8.00. The van der Waals surface area contributed by atoms with Gasteiger partial charge in [-0.2, -0.15) is 13.2 Å². The van der Waals surface area contributed by atoms with Crippen molar-refractivity contribution in [1.29, 1.82) is 0 Å². The van der Waals surface area contributed by atoms with Gasteiger partial charge in [0.2, 0.25) is 5.91 Å². The number of rotatable bonds is 9. The summed E-state index contributed by atoms with van der Waals surface area (Å²) in [4.78, 5) is 25.7. The van der Waals surface area contributed by atoms with E-state index in [1.807, 2.05) is 31.2 Å². The molecule has 0 aromatic heterocycles. The standard InChI is InChI=1S/C25H23F3N2O3S/c1-17-6-10-19(11-7-17)30-23(31)15-34-22-5-3-2-4-21(22)24(32)29-14-18-8-12-20(13-9-18)33-16-25(26,27)28/h2-13H,14-16H2,1H3,(H,29,32)(H,30,31). The number of anilines is 1. The van der Waals surface area contributed by atoms with Crippen LogP contribution in [-0.2, 0) is 11.3 Å². The predicted octanol–water partition coefficient (Wildman–Crippen LogP) is 5.60. The van der Waals surface area contributed by atoms with Gasteiger partial charge in [0.05, 0.1) is 11.3 Å². The van der Waals surface area contributed by atoms with Crippen LogP contribution in [0, 0.1) is 6.92 Å². The van der Waals surface area contributed by atoms with Crippen LogP contribution < -0.4 is 15.4 Å². The summed E-state index contributed by atoms with van der Waals surface area (Å²) in [6, 6.07) is 20.4. The molecule has 2 N–H and O–H groups in total. The van der Waals surface area contributed by atoms with E-state index >= 15 is 0 Å². The van der Waals surface area contributed by atoms with Gasteiger partial charge in [0.15, 0.2) is 6.61 Å². The second-order valence-corrected chi connectivity index (χ2v) is 8.45. The average Bonchev–Trinajstić information content (AvgIpc) is 2.82. The molecule has 178 valence electrons. The van der Waals surface area contributed by atoms with Crippen LogP contribution in [-0.4, -0.2) is 30.4 Å². The minimum atomic E-state index is -4.40. The molecule has 3 aromatic rings. The van der Waals surface area contributed by atoms with Crippen LogP contribution in [0.4, 0.5) is 18.9 Å². The lowest BCUT2D eigenvalue weighted by molar-refractivity contribution is -0.153. The lowest BCUT2D eigenvalue weighted by Gasteiger charge is -2.11. The summed E-state index contributed by atoms with van der Waals surface area (Å²) in [7, 11) is 0. The summed E-state index contributed by atoms with van der Waals surface area (Å²) < 4.78 is 41.4. The Bertz CT molecular complexity index is 1120. The highest BCUT2D eigenvalue weighted by Crippen LogP contribution is 2.23. The quantitative estimate of drug-likeness (QED) is 0.385. The number of nitrogens with one attached hydrogen (secondary N) is 2. The van der Waals surface area contributed by atoms with Crippen molar-refractivity contribution in [3.63, 3.8) is 0 Å². The third-order valence-corrected chi connectivity index (χ3v) is 5.68. The molecule has 0 unspecified atom stereocenters. The van der Waals surface area contributed by atoms with Crippen molar-refractivity contribution in [1.82, 2.24) is 5.32 Å². The van der Waals surface area contributed by atoms with Crippen molar-refractivity contribution in [2.24, 2.45) is 0 Å². The highest BCUT2D eigenvalue weighted by atomic mass is 32.2. The molecular formula is C25H23F3N2O3S. The molecule has 0 heterocycles. The molecule has 34 heavy (non-hydrogen) atoms. The van der Waals surface area contributed by atoms with E-state index in [0.29, 0.717) is 21.7 Å². The van der Waals surface area contributed by atoms with Crippen LogP contribution in [0.25, 0.3) is 0 Å². The smallest absolute Gasteiger partial charge is 0.422 e. The van der Waals surface area contributed by atoms with Gasteiger partial charge >= 0.3 is 6.18 Å². The van der Waals surface area contributed by atoms with E-state index in [-0.39, 0.29) is 29.9 Å². The van der Waals surface area contributed by atoms with Crippen LogP contribution in [0.1, 0.15) is 21.5 Å². The normalized spacial score (nSPS) is 11.1. The molecule has 0 saturated carbocycles. The largest absolute Gasteiger partial charge is 0.484 e. The van der Waals surface area contributed by atoms with Crippen LogP contribution in [0.3, 0.4) is 0 Å². The zero-order chi connectivity index (χ0) is 24.6. The Morgan fingerprint density at radius 1 is 0.941 bits per heavy atom. The fraction of sp³-hybridized carbons (Fsp3) is 0.200. The molecule has 3 rings (SSSR count). The van der Waals surface area contributed by atoms with E-state index in [1.165, 1.54) is 23.9 Å². The Kier molecular flexibility index (Phi) is 8.59. The molecule has 0 fully saturated rings. The molecule has 3 aromatic carbocycles. The number of halogens is 3. The van der Waals surface area contributed by atoms with Gasteiger partial charge in [-0.15, -0.1) is 11.8 Å². The molecule has 0 saturated heterocycles. The first kappa shape index (κ1) is 25.2. The molecule has 0 aliphatic carbocycles. The SMILES string of the molecule is Cc1ccc(NC(=O)CSc2ccccc2C(=O)NCc2ccc(OCC(F)(F)F)cc2)cc1. The van der Waals surface area contributed by atoms with Crippen molar-refractivity contribution in [2.45, 2.75) is 24.5 Å². The number of thioether (sulfide) groups is 1. The van der Waals surface area contributed by atoms with Gasteiger partial charge in [-0.3, -0.25) is 9.59 Å². The second kappa shape index (κ2) is 11.6. The number of amides is 2. The predicted molar refractivity (Wildman–Crippen MR) is 126 cm³/mol. The van der Waals surface area contributed by atoms with Crippen molar-refractivity contribution in [2.75, 3.05) is 17.7 Å². The fourth-order valence-corrected chi connectivity index (χ4v) is 3.75. The Labute approximate surface area is 199 Å². The first-order chi connectivity index (χ1) is 16.2. The number of carbonyl (C=O) groups is 2. The van der Waals surface area contributed by atoms with E-state index in [4.69, 9.17) is 0 Å². The van der Waals surface area contributed by atoms with Gasteiger partial charge in [-0.05, 0) is 48.9 Å². The third kappa shape index (κ3) is 8.15. The summed E-state index contributed by atoms with van der Waals surface area (Å²) in [6.07, 6.45) is -4.40. The fourth-order valence-electron chi connectivity index (χ4n) is 2.90. The summed E-state index contributed by atoms with van der Waals surface area (Å²) >= 11 is 1.26. The van der Waals surface area contributed by atoms with Gasteiger partial charge in [-0.25, -0.2) is 0 Å². The Morgan fingerprint density at radius 3 is 2.29 bits per heavy atom. The van der Waals surface area contributed by atoms with Crippen molar-refractivity contribution < 1.29 is 27.5 Å². The van der Waals surface area contributed by atoms with Crippen molar-refractivity contribution >= 4 is 29.3 Å². The summed E-state index contributed by atoms with van der Waals surface area (Å²) in [6.45, 7) is 0.789. The van der Waals surface area contributed by atoms with Gasteiger partial charge in [-0.1, -0.05) is 42.0 Å². The number of benzene rings is 3. The zero-order valence-electron chi connectivity index (χ0n) is 18.3. The molecule has 0 aliphatic rings. The average molecular weight is 489 g/mol. The first-order valence-electron chi connectivity index (χ1n) is 10.3. The van der Waals surface area contributed by atoms with Gasteiger partial charge in [0.25, 0.3) is 5.91 Å². The Balaban J connectivity index is 1.52. The number of hydrogen-bond donors (Lipinski definition) is 2. The number of ether oxygens (including phenoxy) is 1. The molecule has 0 spiro atoms. The van der Waals surface area contributed by atoms with Gasteiger partial charge in [0.1, 0.15) is 5.75 Å². The Morgan fingerprint density at radius 2 is 1.62 bits per heavy atom. The molecular weight excluding hydrogens is 465 g/mol. The van der Waals surface area contributed by atoms with Crippen LogP contribution in [0.2, 0.25) is 0 Å². The maximum Gasteiger partial charge on any atom is 0.422 e. The summed E-state index contributed by atoms with van der Waals surface area (Å²) in [5.41, 5.74) is 2.94. The Hall–Kier alpha value is -3.46. The molecule has 5 nitrogen and oxygen atoms in total. The number of aryl methyl sites for hydroxylation is 1. The van der Waals surface area contributed by atoms with Gasteiger partial charge in [0, 0.05) is 17.1 Å². The molecule has 0 radical (unpaired) electrons. The van der Waals surface area contributed by atoms with E-state index in [1.54, 1.807) is 36.4 Å². The minimum Gasteiger partial charge on any atom is -0.484 e. The lowest BCUT2D eigenvalue weighted by atomic mass is 10.2. The molecule has 9 heteroatoms. The van der Waals surface area contributed by atoms with Crippen LogP contribution >= 0.6 is 11.8 Å². The lowest BCUT2D eigenvalue weighted by Crippen LogP contribution is -2.23. The monoisotopic (exact) mass is 488 g/mol. The zero-order valence-corrected chi connectivity index (χ0v) is 19.1. The van der Waals surface area contributed by atoms with E-state index in [0.717, 1.165) is 5.56 Å². The van der Waals surface area contributed by atoms with Crippen LogP contribution in [0.5, 0.6) is 5.75 Å². The van der Waals surface area contributed by atoms with Crippen molar-refractivity contribution in [3.8, 4) is 5.75 Å². The number of alkyl halides is 3.